The zero-order chi connectivity index (χ0) is 14.6. The van der Waals surface area contributed by atoms with Gasteiger partial charge in [0.25, 0.3) is 6.43 Å². The molecule has 2 rings (SSSR count). The molecule has 112 valence electrons. The highest BCUT2D eigenvalue weighted by atomic mass is 32.2. The molecule has 0 saturated carbocycles. The van der Waals surface area contributed by atoms with Gasteiger partial charge in [-0.15, -0.1) is 0 Å². The minimum absolute atomic E-state index is 0.0915. The van der Waals surface area contributed by atoms with Gasteiger partial charge >= 0.3 is 0 Å². The average Bonchev–Trinajstić information content (AvgIpc) is 2.89. The van der Waals surface area contributed by atoms with Gasteiger partial charge in [-0.25, -0.2) is 21.9 Å². The van der Waals surface area contributed by atoms with Crippen LogP contribution in [0.2, 0.25) is 0 Å². The minimum Gasteiger partial charge on any atom is -0.488 e. The van der Waals surface area contributed by atoms with E-state index >= 15 is 0 Å². The summed E-state index contributed by atoms with van der Waals surface area (Å²) in [6.45, 7) is 0.681. The van der Waals surface area contributed by atoms with Crippen LogP contribution in [0.1, 0.15) is 6.42 Å². The van der Waals surface area contributed by atoms with E-state index in [2.05, 4.69) is 10.0 Å². The van der Waals surface area contributed by atoms with Crippen molar-refractivity contribution in [3.8, 4) is 5.75 Å². The Labute approximate surface area is 116 Å². The van der Waals surface area contributed by atoms with E-state index in [1.807, 2.05) is 0 Å². The van der Waals surface area contributed by atoms with Gasteiger partial charge in [-0.1, -0.05) is 0 Å². The van der Waals surface area contributed by atoms with Crippen LogP contribution in [0, 0.1) is 0 Å². The number of rotatable bonds is 6. The molecule has 0 amide bonds. The highest BCUT2D eigenvalue weighted by Gasteiger charge is 2.22. The van der Waals surface area contributed by atoms with Gasteiger partial charge in [0.05, 0.1) is 4.90 Å². The summed E-state index contributed by atoms with van der Waals surface area (Å²) in [7, 11) is -3.59. The Bertz CT molecular complexity index is 528. The van der Waals surface area contributed by atoms with Gasteiger partial charge in [0.2, 0.25) is 10.0 Å². The van der Waals surface area contributed by atoms with Crippen LogP contribution in [0.5, 0.6) is 5.75 Å². The predicted molar refractivity (Wildman–Crippen MR) is 69.5 cm³/mol. The van der Waals surface area contributed by atoms with Gasteiger partial charge in [-0.05, 0) is 37.2 Å². The fourth-order valence-corrected chi connectivity index (χ4v) is 3.19. The Hall–Kier alpha value is -1.25. The number of sulfonamides is 1. The molecule has 1 atom stereocenters. The van der Waals surface area contributed by atoms with Crippen LogP contribution >= 0.6 is 0 Å². The quantitative estimate of drug-likeness (QED) is 0.822. The van der Waals surface area contributed by atoms with E-state index in [9.17, 15) is 17.2 Å². The van der Waals surface area contributed by atoms with E-state index in [1.54, 1.807) is 0 Å². The molecule has 0 aromatic heterocycles. The average molecular weight is 306 g/mol. The van der Waals surface area contributed by atoms with Gasteiger partial charge in [-0.3, -0.25) is 0 Å². The van der Waals surface area contributed by atoms with Gasteiger partial charge in [0.1, 0.15) is 12.4 Å². The lowest BCUT2D eigenvalue weighted by Crippen LogP contribution is -2.36. The monoisotopic (exact) mass is 306 g/mol. The zero-order valence-electron chi connectivity index (χ0n) is 10.7. The van der Waals surface area contributed by atoms with Crippen molar-refractivity contribution in [2.75, 3.05) is 19.7 Å². The van der Waals surface area contributed by atoms with Gasteiger partial charge in [-0.2, -0.15) is 0 Å². The lowest BCUT2D eigenvalue weighted by atomic mass is 10.3. The maximum absolute atomic E-state index is 12.1. The highest BCUT2D eigenvalue weighted by Crippen LogP contribution is 2.17. The van der Waals surface area contributed by atoms with Crippen LogP contribution in [0.3, 0.4) is 0 Å². The number of alkyl halides is 2. The molecule has 8 heteroatoms. The highest BCUT2D eigenvalue weighted by molar-refractivity contribution is 7.89. The molecule has 2 N–H and O–H groups in total. The number of halogens is 2. The molecule has 1 aliphatic rings. The second-order valence-electron chi connectivity index (χ2n) is 4.48. The zero-order valence-corrected chi connectivity index (χ0v) is 11.5. The van der Waals surface area contributed by atoms with E-state index < -0.39 is 23.1 Å². The Balaban J connectivity index is 2.00. The SMILES string of the molecule is O=S(=O)(NC1CCNC1)c1ccc(OCC(F)F)cc1. The third kappa shape index (κ3) is 4.12. The van der Waals surface area contributed by atoms with Crippen molar-refractivity contribution in [2.45, 2.75) is 23.8 Å². The minimum atomic E-state index is -3.59. The van der Waals surface area contributed by atoms with Crippen molar-refractivity contribution in [2.24, 2.45) is 0 Å². The van der Waals surface area contributed by atoms with E-state index in [1.165, 1.54) is 24.3 Å². The van der Waals surface area contributed by atoms with Crippen LogP contribution in [0.25, 0.3) is 0 Å². The van der Waals surface area contributed by atoms with E-state index in [0.717, 1.165) is 13.0 Å². The van der Waals surface area contributed by atoms with Crippen molar-refractivity contribution in [1.29, 1.82) is 0 Å². The smallest absolute Gasteiger partial charge is 0.272 e. The number of ether oxygens (including phenoxy) is 1. The summed E-state index contributed by atoms with van der Waals surface area (Å²) in [6.07, 6.45) is -1.82. The number of nitrogens with one attached hydrogen (secondary N) is 2. The summed E-state index contributed by atoms with van der Waals surface area (Å²) in [5, 5.41) is 3.06. The second-order valence-corrected chi connectivity index (χ2v) is 6.20. The van der Waals surface area contributed by atoms with Crippen LogP contribution in [0.15, 0.2) is 29.2 Å². The van der Waals surface area contributed by atoms with Crippen molar-refractivity contribution in [1.82, 2.24) is 10.0 Å². The van der Waals surface area contributed by atoms with Crippen molar-refractivity contribution < 1.29 is 21.9 Å². The summed E-state index contributed by atoms with van der Waals surface area (Å²) < 4.78 is 55.5. The summed E-state index contributed by atoms with van der Waals surface area (Å²) in [5.41, 5.74) is 0. The molecule has 1 aliphatic heterocycles. The lowest BCUT2D eigenvalue weighted by Gasteiger charge is -2.12. The molecule has 0 bridgehead atoms. The van der Waals surface area contributed by atoms with Crippen LogP contribution in [-0.2, 0) is 10.0 Å². The molecular formula is C12H16F2N2O3S. The molecular weight excluding hydrogens is 290 g/mol. The molecule has 1 heterocycles. The maximum Gasteiger partial charge on any atom is 0.272 e. The Morgan fingerprint density at radius 1 is 1.35 bits per heavy atom. The summed E-state index contributed by atoms with van der Waals surface area (Å²) in [6, 6.07) is 5.29. The molecule has 20 heavy (non-hydrogen) atoms. The molecule has 0 spiro atoms. The molecule has 1 aromatic carbocycles. The third-order valence-electron chi connectivity index (χ3n) is 2.89. The predicted octanol–water partition coefficient (Wildman–Crippen LogP) is 0.971. The summed E-state index contributed by atoms with van der Waals surface area (Å²) in [4.78, 5) is 0.0915. The van der Waals surface area contributed by atoms with Crippen LogP contribution in [-0.4, -0.2) is 40.6 Å². The number of hydrogen-bond acceptors (Lipinski definition) is 4. The number of benzene rings is 1. The molecule has 5 nitrogen and oxygen atoms in total. The lowest BCUT2D eigenvalue weighted by molar-refractivity contribution is 0.0819. The normalized spacial score (nSPS) is 19.4. The first-order valence-electron chi connectivity index (χ1n) is 6.21. The Morgan fingerprint density at radius 3 is 2.60 bits per heavy atom. The van der Waals surface area contributed by atoms with Crippen molar-refractivity contribution in [3.63, 3.8) is 0 Å². The van der Waals surface area contributed by atoms with Gasteiger partial charge in [0, 0.05) is 12.6 Å². The summed E-state index contributed by atoms with van der Waals surface area (Å²) >= 11 is 0. The largest absolute Gasteiger partial charge is 0.488 e. The first-order valence-corrected chi connectivity index (χ1v) is 7.70. The molecule has 0 radical (unpaired) electrons. The first-order chi connectivity index (χ1) is 9.47. The number of hydrogen-bond donors (Lipinski definition) is 2. The standard InChI is InChI=1S/C12H16F2N2O3S/c13-12(14)8-19-10-1-3-11(4-2-10)20(17,18)16-9-5-6-15-7-9/h1-4,9,12,15-16H,5-8H2. The molecule has 1 unspecified atom stereocenters. The topological polar surface area (TPSA) is 67.4 Å². The maximum atomic E-state index is 12.1. The van der Waals surface area contributed by atoms with E-state index in [4.69, 9.17) is 4.74 Å². The van der Waals surface area contributed by atoms with Gasteiger partial charge in [0.15, 0.2) is 0 Å². The molecule has 1 fully saturated rings. The van der Waals surface area contributed by atoms with Crippen molar-refractivity contribution >= 4 is 10.0 Å². The van der Waals surface area contributed by atoms with E-state index in [-0.39, 0.29) is 16.7 Å². The molecule has 1 aromatic rings. The Kier molecular flexibility index (Phi) is 4.90. The molecule has 0 aliphatic carbocycles. The fourth-order valence-electron chi connectivity index (χ4n) is 1.92. The van der Waals surface area contributed by atoms with E-state index in [0.29, 0.717) is 6.54 Å². The first kappa shape index (κ1) is 15.1. The van der Waals surface area contributed by atoms with Crippen molar-refractivity contribution in [3.05, 3.63) is 24.3 Å². The van der Waals surface area contributed by atoms with Crippen LogP contribution < -0.4 is 14.8 Å². The second kappa shape index (κ2) is 6.47. The van der Waals surface area contributed by atoms with Crippen LogP contribution in [0.4, 0.5) is 8.78 Å². The van der Waals surface area contributed by atoms with Gasteiger partial charge < -0.3 is 10.1 Å². The third-order valence-corrected chi connectivity index (χ3v) is 4.43. The Morgan fingerprint density at radius 2 is 2.05 bits per heavy atom. The summed E-state index contributed by atoms with van der Waals surface area (Å²) in [5.74, 6) is 0.215. The fraction of sp³-hybridized carbons (Fsp3) is 0.500. The molecule has 1 saturated heterocycles.